The lowest BCUT2D eigenvalue weighted by molar-refractivity contribution is 0.100. The van der Waals surface area contributed by atoms with Crippen molar-refractivity contribution < 1.29 is 13.2 Å². The van der Waals surface area contributed by atoms with E-state index in [1.165, 1.54) is 16.8 Å². The normalized spacial score (nSPS) is 20.8. The van der Waals surface area contributed by atoms with E-state index in [-0.39, 0.29) is 17.0 Å². The summed E-state index contributed by atoms with van der Waals surface area (Å²) in [5, 5.41) is 7.45. The van der Waals surface area contributed by atoms with Crippen LogP contribution in [0.25, 0.3) is 5.52 Å². The molecule has 132 valence electrons. The molecule has 0 aromatic carbocycles. The molecule has 0 saturated carbocycles. The summed E-state index contributed by atoms with van der Waals surface area (Å²) in [4.78, 5) is 11.8. The lowest BCUT2D eigenvalue weighted by Gasteiger charge is -2.28. The molecule has 0 spiro atoms. The van der Waals surface area contributed by atoms with Crippen LogP contribution in [-0.4, -0.2) is 61.5 Å². The third-order valence-corrected chi connectivity index (χ3v) is 5.84. The largest absolute Gasteiger partial charge is 0.378 e. The Morgan fingerprint density at radius 1 is 1.48 bits per heavy atom. The van der Waals surface area contributed by atoms with Gasteiger partial charge in [0.2, 0.25) is 10.0 Å². The standard InChI is InChI=1S/C15H20BN5O3S/c1-15(2)8-20(25(3,23)24)7-12(15)19-13-10(14(17)22)5-18-21-6-9(16)4-11(13)21/h4-6,12,19H,7-8H2,1-3H3,(H2,17,22). The number of fused-ring (bicyclic) bond motifs is 1. The molecule has 1 atom stereocenters. The number of nitrogens with two attached hydrogens (primary N) is 1. The molecule has 1 aliphatic rings. The molecule has 2 aromatic rings. The van der Waals surface area contributed by atoms with Gasteiger partial charge in [0.25, 0.3) is 5.91 Å². The van der Waals surface area contributed by atoms with E-state index in [2.05, 4.69) is 10.4 Å². The SMILES string of the molecule is [B]c1cc2c(NC3CN(S(C)(=O)=O)CC3(C)C)c(C(N)=O)cnn2c1. The van der Waals surface area contributed by atoms with Crippen molar-refractivity contribution in [2.75, 3.05) is 24.7 Å². The minimum absolute atomic E-state index is 0.206. The van der Waals surface area contributed by atoms with Crippen molar-refractivity contribution in [3.8, 4) is 0 Å². The second kappa shape index (κ2) is 5.74. The zero-order valence-corrected chi connectivity index (χ0v) is 15.2. The summed E-state index contributed by atoms with van der Waals surface area (Å²) in [6, 6.07) is 1.49. The van der Waals surface area contributed by atoms with Gasteiger partial charge in [-0.2, -0.15) is 9.40 Å². The third-order valence-electron chi connectivity index (χ3n) is 4.62. The van der Waals surface area contributed by atoms with E-state index in [0.717, 1.165) is 0 Å². The van der Waals surface area contributed by atoms with Crippen molar-refractivity contribution in [3.63, 3.8) is 0 Å². The highest BCUT2D eigenvalue weighted by atomic mass is 32.2. The predicted molar refractivity (Wildman–Crippen MR) is 96.7 cm³/mol. The van der Waals surface area contributed by atoms with Crippen LogP contribution in [-0.2, 0) is 10.0 Å². The van der Waals surface area contributed by atoms with Crippen molar-refractivity contribution in [1.82, 2.24) is 13.9 Å². The maximum absolute atomic E-state index is 11.9. The molecule has 1 unspecified atom stereocenters. The number of hydrogen-bond acceptors (Lipinski definition) is 5. The molecule has 3 N–H and O–H groups in total. The van der Waals surface area contributed by atoms with Crippen molar-refractivity contribution in [1.29, 1.82) is 0 Å². The Morgan fingerprint density at radius 2 is 2.16 bits per heavy atom. The highest BCUT2D eigenvalue weighted by Crippen LogP contribution is 2.35. The van der Waals surface area contributed by atoms with E-state index in [1.54, 1.807) is 16.8 Å². The molecular weight excluding hydrogens is 341 g/mol. The molecular formula is C15H20BN5O3S. The van der Waals surface area contributed by atoms with Gasteiger partial charge in [0.05, 0.1) is 29.2 Å². The molecule has 25 heavy (non-hydrogen) atoms. The van der Waals surface area contributed by atoms with Crippen LogP contribution in [0.1, 0.15) is 24.2 Å². The Hall–Kier alpha value is -2.07. The number of carbonyl (C=O) groups is 1. The monoisotopic (exact) mass is 361 g/mol. The molecule has 1 fully saturated rings. The van der Waals surface area contributed by atoms with Crippen LogP contribution in [0.15, 0.2) is 18.5 Å². The summed E-state index contributed by atoms with van der Waals surface area (Å²) in [6.07, 6.45) is 4.21. The number of aromatic nitrogens is 2. The number of amides is 1. The zero-order valence-electron chi connectivity index (χ0n) is 14.4. The second-order valence-corrected chi connectivity index (χ2v) is 9.12. The highest BCUT2D eigenvalue weighted by Gasteiger charge is 2.43. The fraction of sp³-hybridized carbons (Fsp3) is 0.467. The Bertz CT molecular complexity index is 953. The van der Waals surface area contributed by atoms with Crippen molar-refractivity contribution in [2.45, 2.75) is 19.9 Å². The van der Waals surface area contributed by atoms with Crippen molar-refractivity contribution in [2.24, 2.45) is 11.1 Å². The topological polar surface area (TPSA) is 110 Å². The summed E-state index contributed by atoms with van der Waals surface area (Å²) < 4.78 is 26.8. The van der Waals surface area contributed by atoms with Gasteiger partial charge in [-0.05, 0) is 11.5 Å². The van der Waals surface area contributed by atoms with Gasteiger partial charge in [-0.3, -0.25) is 4.79 Å². The molecule has 8 nitrogen and oxygen atoms in total. The van der Waals surface area contributed by atoms with Crippen LogP contribution in [0.2, 0.25) is 0 Å². The number of nitrogens with one attached hydrogen (secondary N) is 1. The molecule has 2 radical (unpaired) electrons. The van der Waals surface area contributed by atoms with Crippen LogP contribution < -0.4 is 16.5 Å². The third kappa shape index (κ3) is 3.23. The van der Waals surface area contributed by atoms with Gasteiger partial charge in [-0.25, -0.2) is 12.9 Å². The minimum Gasteiger partial charge on any atom is -0.378 e. The smallest absolute Gasteiger partial charge is 0.252 e. The lowest BCUT2D eigenvalue weighted by Crippen LogP contribution is -2.35. The number of carbonyl (C=O) groups excluding carboxylic acids is 1. The summed E-state index contributed by atoms with van der Waals surface area (Å²) in [5.41, 5.74) is 7.00. The summed E-state index contributed by atoms with van der Waals surface area (Å²) in [7, 11) is 2.53. The molecule has 0 bridgehead atoms. The molecule has 0 aliphatic carbocycles. The number of primary amides is 1. The van der Waals surface area contributed by atoms with Crippen molar-refractivity contribution in [3.05, 3.63) is 24.0 Å². The van der Waals surface area contributed by atoms with E-state index < -0.39 is 15.9 Å². The molecule has 1 aliphatic heterocycles. The van der Waals surface area contributed by atoms with E-state index in [0.29, 0.717) is 29.8 Å². The molecule has 3 heterocycles. The maximum atomic E-state index is 11.9. The molecule has 10 heteroatoms. The van der Waals surface area contributed by atoms with Crippen LogP contribution in [0.4, 0.5) is 5.69 Å². The first kappa shape index (κ1) is 17.7. The first-order valence-electron chi connectivity index (χ1n) is 7.77. The fourth-order valence-corrected chi connectivity index (χ4v) is 4.15. The number of rotatable bonds is 4. The minimum atomic E-state index is -3.30. The Balaban J connectivity index is 2.05. The number of nitrogens with zero attached hydrogens (tertiary/aromatic N) is 3. The molecule has 3 rings (SSSR count). The lowest BCUT2D eigenvalue weighted by atomic mass is 9.87. The van der Waals surface area contributed by atoms with Crippen LogP contribution >= 0.6 is 0 Å². The second-order valence-electron chi connectivity index (χ2n) is 7.14. The van der Waals surface area contributed by atoms with Crippen LogP contribution in [0.3, 0.4) is 0 Å². The van der Waals surface area contributed by atoms with Gasteiger partial charge in [-0.15, -0.1) is 0 Å². The molecule has 1 amide bonds. The van der Waals surface area contributed by atoms with Gasteiger partial charge in [0.15, 0.2) is 0 Å². The van der Waals surface area contributed by atoms with Gasteiger partial charge in [0.1, 0.15) is 7.85 Å². The average molecular weight is 361 g/mol. The number of hydrogen-bond donors (Lipinski definition) is 2. The first-order valence-corrected chi connectivity index (χ1v) is 9.62. The molecule has 1 saturated heterocycles. The number of anilines is 1. The van der Waals surface area contributed by atoms with Crippen LogP contribution in [0.5, 0.6) is 0 Å². The van der Waals surface area contributed by atoms with Gasteiger partial charge < -0.3 is 11.1 Å². The zero-order chi connectivity index (χ0) is 18.6. The highest BCUT2D eigenvalue weighted by molar-refractivity contribution is 7.88. The number of sulfonamides is 1. The maximum Gasteiger partial charge on any atom is 0.252 e. The van der Waals surface area contributed by atoms with E-state index in [1.807, 2.05) is 13.8 Å². The summed E-state index contributed by atoms with van der Waals surface area (Å²) in [6.45, 7) is 4.64. The van der Waals surface area contributed by atoms with Gasteiger partial charge in [-0.1, -0.05) is 19.3 Å². The van der Waals surface area contributed by atoms with E-state index in [4.69, 9.17) is 13.6 Å². The van der Waals surface area contributed by atoms with Gasteiger partial charge >= 0.3 is 0 Å². The Kier molecular flexibility index (Phi) is 4.07. The summed E-state index contributed by atoms with van der Waals surface area (Å²) >= 11 is 0. The van der Waals surface area contributed by atoms with Gasteiger partial charge in [0, 0.05) is 25.3 Å². The average Bonchev–Trinajstić information content (AvgIpc) is 2.98. The fourth-order valence-electron chi connectivity index (χ4n) is 3.16. The van der Waals surface area contributed by atoms with Crippen LogP contribution in [0, 0.1) is 5.41 Å². The molecule has 2 aromatic heterocycles. The summed E-state index contributed by atoms with van der Waals surface area (Å²) in [5.74, 6) is -0.618. The quantitative estimate of drug-likeness (QED) is 0.701. The Morgan fingerprint density at radius 3 is 2.72 bits per heavy atom. The van der Waals surface area contributed by atoms with Crippen molar-refractivity contribution >= 4 is 40.4 Å². The van der Waals surface area contributed by atoms with E-state index >= 15 is 0 Å². The van der Waals surface area contributed by atoms with E-state index in [9.17, 15) is 13.2 Å². The first-order chi connectivity index (χ1) is 11.5. The predicted octanol–water partition coefficient (Wildman–Crippen LogP) is -0.691. The Labute approximate surface area is 147 Å².